The van der Waals surface area contributed by atoms with Crippen LogP contribution in [-0.2, 0) is 9.62 Å². The lowest BCUT2D eigenvalue weighted by Crippen LogP contribution is -2.59. The van der Waals surface area contributed by atoms with Gasteiger partial charge in [0.05, 0.1) is 6.61 Å². The molecule has 1 saturated heterocycles. The lowest BCUT2D eigenvalue weighted by molar-refractivity contribution is -0.372. The Morgan fingerprint density at radius 2 is 1.77 bits per heavy atom. The Bertz CT molecular complexity index is 163. The number of hydrogen-bond acceptors (Lipinski definition) is 7. The Balaban J connectivity index is 2.69. The summed E-state index contributed by atoms with van der Waals surface area (Å²) in [6.45, 7) is -0.551. The molecule has 1 rings (SSSR count). The second-order valence-corrected chi connectivity index (χ2v) is 2.80. The van der Waals surface area contributed by atoms with Crippen molar-refractivity contribution in [1.82, 2.24) is 0 Å². The van der Waals surface area contributed by atoms with Gasteiger partial charge in [0.15, 0.2) is 12.4 Å². The normalized spacial score (nSPS) is 46.4. The van der Waals surface area contributed by atoms with E-state index >= 15 is 0 Å². The number of aliphatic hydroxyl groups is 4. The van der Waals surface area contributed by atoms with E-state index in [-0.39, 0.29) is 0 Å². The first-order chi connectivity index (χ1) is 6.11. The molecule has 7 nitrogen and oxygen atoms in total. The van der Waals surface area contributed by atoms with E-state index in [1.165, 1.54) is 0 Å². The quantitative estimate of drug-likeness (QED) is 0.240. The van der Waals surface area contributed by atoms with E-state index < -0.39 is 37.3 Å². The molecule has 78 valence electrons. The van der Waals surface area contributed by atoms with Crippen molar-refractivity contribution in [2.45, 2.75) is 30.7 Å². The Morgan fingerprint density at radius 1 is 1.15 bits per heavy atom. The largest absolute Gasteiger partial charge is 0.394 e. The first kappa shape index (κ1) is 10.8. The molecule has 0 unspecified atom stereocenters. The van der Waals surface area contributed by atoms with Gasteiger partial charge in [0.1, 0.15) is 18.3 Å². The molecule has 0 spiro atoms. The average molecular weight is 196 g/mol. The standard InChI is InChI=1S/C6H12O7/c7-1-2-3(8)5(13-11)4(9)6(10)12-2/h2-11H,1H2/t2-,3-,4+,5+,6-/m1/s1. The van der Waals surface area contributed by atoms with Crippen molar-refractivity contribution in [3.63, 3.8) is 0 Å². The Hall–Kier alpha value is -0.280. The van der Waals surface area contributed by atoms with Crippen molar-refractivity contribution >= 4 is 0 Å². The van der Waals surface area contributed by atoms with Crippen molar-refractivity contribution in [2.75, 3.05) is 6.61 Å². The molecule has 0 aromatic heterocycles. The first-order valence-corrected chi connectivity index (χ1v) is 3.72. The van der Waals surface area contributed by atoms with E-state index in [0.717, 1.165) is 0 Å². The van der Waals surface area contributed by atoms with E-state index in [2.05, 4.69) is 9.62 Å². The smallest absolute Gasteiger partial charge is 0.184 e. The van der Waals surface area contributed by atoms with Gasteiger partial charge in [0, 0.05) is 0 Å². The molecule has 5 N–H and O–H groups in total. The van der Waals surface area contributed by atoms with Gasteiger partial charge in [-0.25, -0.2) is 4.89 Å². The molecule has 5 atom stereocenters. The minimum Gasteiger partial charge on any atom is -0.394 e. The van der Waals surface area contributed by atoms with Gasteiger partial charge >= 0.3 is 0 Å². The summed E-state index contributed by atoms with van der Waals surface area (Å²) in [5.41, 5.74) is 0. The minimum absolute atomic E-state index is 0.551. The van der Waals surface area contributed by atoms with Crippen molar-refractivity contribution in [3.05, 3.63) is 0 Å². The van der Waals surface area contributed by atoms with Crippen LogP contribution < -0.4 is 0 Å². The summed E-state index contributed by atoms with van der Waals surface area (Å²) >= 11 is 0. The van der Waals surface area contributed by atoms with E-state index in [1.54, 1.807) is 0 Å². The molecule has 0 saturated carbocycles. The van der Waals surface area contributed by atoms with Crippen LogP contribution >= 0.6 is 0 Å². The topological polar surface area (TPSA) is 120 Å². The summed E-state index contributed by atoms with van der Waals surface area (Å²) in [6, 6.07) is 0. The third kappa shape index (κ3) is 1.97. The molecule has 0 aromatic carbocycles. The maximum atomic E-state index is 9.28. The third-order valence-electron chi connectivity index (χ3n) is 1.96. The molecule has 0 bridgehead atoms. The highest BCUT2D eigenvalue weighted by Crippen LogP contribution is 2.21. The molecule has 0 radical (unpaired) electrons. The number of hydrogen-bond donors (Lipinski definition) is 5. The van der Waals surface area contributed by atoms with Gasteiger partial charge in [0.2, 0.25) is 0 Å². The molecular weight excluding hydrogens is 184 g/mol. The molecule has 0 amide bonds. The highest BCUT2D eigenvalue weighted by Gasteiger charge is 2.44. The summed E-state index contributed by atoms with van der Waals surface area (Å²) < 4.78 is 4.61. The first-order valence-electron chi connectivity index (χ1n) is 3.72. The fourth-order valence-electron chi connectivity index (χ4n) is 1.19. The van der Waals surface area contributed by atoms with Crippen molar-refractivity contribution in [3.8, 4) is 0 Å². The zero-order valence-electron chi connectivity index (χ0n) is 6.65. The van der Waals surface area contributed by atoms with E-state index in [1.807, 2.05) is 0 Å². The zero-order chi connectivity index (χ0) is 10.0. The van der Waals surface area contributed by atoms with Crippen molar-refractivity contribution in [2.24, 2.45) is 0 Å². The SMILES string of the molecule is OC[C@H]1O[C@@H](O)[C@@H](O)[C@@H](OO)[C@@H]1O. The van der Waals surface area contributed by atoms with Crippen LogP contribution in [0.1, 0.15) is 0 Å². The predicted molar refractivity (Wildman–Crippen MR) is 37.5 cm³/mol. The molecule has 1 fully saturated rings. The highest BCUT2D eigenvalue weighted by atomic mass is 17.1. The third-order valence-corrected chi connectivity index (χ3v) is 1.96. The molecule has 7 heteroatoms. The van der Waals surface area contributed by atoms with Gasteiger partial charge in [-0.1, -0.05) is 0 Å². The molecule has 0 aliphatic carbocycles. The van der Waals surface area contributed by atoms with E-state index in [0.29, 0.717) is 0 Å². The summed E-state index contributed by atoms with van der Waals surface area (Å²) in [5.74, 6) is 0. The van der Waals surface area contributed by atoms with Gasteiger partial charge in [0.25, 0.3) is 0 Å². The fourth-order valence-corrected chi connectivity index (χ4v) is 1.19. The lowest BCUT2D eigenvalue weighted by Gasteiger charge is -2.38. The number of ether oxygens (including phenoxy) is 1. The summed E-state index contributed by atoms with van der Waals surface area (Å²) in [7, 11) is 0. The van der Waals surface area contributed by atoms with Crippen LogP contribution in [0.2, 0.25) is 0 Å². The summed E-state index contributed by atoms with van der Waals surface area (Å²) in [6.07, 6.45) is -7.02. The van der Waals surface area contributed by atoms with Gasteiger partial charge in [-0.2, -0.15) is 0 Å². The van der Waals surface area contributed by atoms with Crippen molar-refractivity contribution < 1.29 is 35.3 Å². The minimum atomic E-state index is -1.60. The predicted octanol–water partition coefficient (Wildman–Crippen LogP) is -2.72. The monoisotopic (exact) mass is 196 g/mol. The maximum Gasteiger partial charge on any atom is 0.184 e. The molecule has 13 heavy (non-hydrogen) atoms. The lowest BCUT2D eigenvalue weighted by atomic mass is 9.99. The molecule has 0 aromatic rings. The molecular formula is C6H12O7. The van der Waals surface area contributed by atoms with Crippen LogP contribution in [0.3, 0.4) is 0 Å². The van der Waals surface area contributed by atoms with Crippen LogP contribution in [0.15, 0.2) is 0 Å². The van der Waals surface area contributed by atoms with Gasteiger partial charge in [-0.3, -0.25) is 5.26 Å². The van der Waals surface area contributed by atoms with Crippen LogP contribution in [0.25, 0.3) is 0 Å². The van der Waals surface area contributed by atoms with Crippen LogP contribution in [0.4, 0.5) is 0 Å². The average Bonchev–Trinajstić information content (AvgIpc) is 2.12. The Kier molecular flexibility index (Phi) is 3.56. The van der Waals surface area contributed by atoms with Gasteiger partial charge < -0.3 is 25.2 Å². The maximum absolute atomic E-state index is 9.28. The summed E-state index contributed by atoms with van der Waals surface area (Å²) in [4.78, 5) is 3.77. The van der Waals surface area contributed by atoms with E-state index in [9.17, 15) is 5.11 Å². The number of rotatable bonds is 2. The zero-order valence-corrected chi connectivity index (χ0v) is 6.65. The molecule has 1 aliphatic rings. The van der Waals surface area contributed by atoms with E-state index in [4.69, 9.17) is 20.6 Å². The van der Waals surface area contributed by atoms with Crippen LogP contribution in [0.5, 0.6) is 0 Å². The summed E-state index contributed by atoms with van der Waals surface area (Å²) in [5, 5.41) is 44.4. The molecule has 1 heterocycles. The second kappa shape index (κ2) is 4.29. The highest BCUT2D eigenvalue weighted by molar-refractivity contribution is 4.88. The van der Waals surface area contributed by atoms with Crippen LogP contribution in [-0.4, -0.2) is 63.0 Å². The van der Waals surface area contributed by atoms with Gasteiger partial charge in [-0.15, -0.1) is 0 Å². The fraction of sp³-hybridized carbons (Fsp3) is 1.00. The van der Waals surface area contributed by atoms with Crippen LogP contribution in [0, 0.1) is 0 Å². The van der Waals surface area contributed by atoms with Gasteiger partial charge in [-0.05, 0) is 0 Å². The van der Waals surface area contributed by atoms with Crippen molar-refractivity contribution in [1.29, 1.82) is 0 Å². The Labute approximate surface area is 73.7 Å². The Morgan fingerprint density at radius 3 is 2.23 bits per heavy atom. The second-order valence-electron chi connectivity index (χ2n) is 2.80. The number of aliphatic hydroxyl groups excluding tert-OH is 4. The molecule has 1 aliphatic heterocycles.